The third-order valence-electron chi connectivity index (χ3n) is 4.83. The Morgan fingerprint density at radius 2 is 2.07 bits per heavy atom. The minimum atomic E-state index is -3.02. The Bertz CT molecular complexity index is 909. The molecule has 0 aliphatic carbocycles. The summed E-state index contributed by atoms with van der Waals surface area (Å²) in [6.45, 7) is 3.90. The Labute approximate surface area is 163 Å². The fourth-order valence-electron chi connectivity index (χ4n) is 3.08. The number of benzene rings is 1. The highest BCUT2D eigenvalue weighted by molar-refractivity contribution is 8.00. The molecule has 3 rings (SSSR count). The fourth-order valence-corrected chi connectivity index (χ4v) is 5.68. The van der Waals surface area contributed by atoms with Gasteiger partial charge in [-0.2, -0.15) is 0 Å². The first kappa shape index (κ1) is 19.9. The van der Waals surface area contributed by atoms with Crippen LogP contribution in [0.5, 0.6) is 0 Å². The molecular weight excluding hydrogens is 384 g/mol. The normalized spacial score (nSPS) is 19.7. The van der Waals surface area contributed by atoms with Crippen LogP contribution in [0.4, 0.5) is 0 Å². The van der Waals surface area contributed by atoms with Crippen molar-refractivity contribution in [3.8, 4) is 11.4 Å². The van der Waals surface area contributed by atoms with Gasteiger partial charge in [-0.05, 0) is 25.3 Å². The van der Waals surface area contributed by atoms with Crippen LogP contribution in [0.2, 0.25) is 0 Å². The van der Waals surface area contributed by atoms with E-state index < -0.39 is 15.1 Å². The van der Waals surface area contributed by atoms with Crippen molar-refractivity contribution in [1.82, 2.24) is 20.1 Å². The lowest BCUT2D eigenvalue weighted by molar-refractivity contribution is -0.130. The molecule has 2 heterocycles. The Morgan fingerprint density at radius 3 is 2.67 bits per heavy atom. The van der Waals surface area contributed by atoms with Gasteiger partial charge in [0.1, 0.15) is 0 Å². The summed E-state index contributed by atoms with van der Waals surface area (Å²) in [7, 11) is -1.35. The summed E-state index contributed by atoms with van der Waals surface area (Å²) in [5.41, 5.74) is 2.20. The van der Waals surface area contributed by atoms with E-state index in [1.807, 2.05) is 12.1 Å². The van der Waals surface area contributed by atoms with Crippen molar-refractivity contribution >= 4 is 27.5 Å². The quantitative estimate of drug-likeness (QED) is 0.736. The largest absolute Gasteiger partial charge is 0.341 e. The van der Waals surface area contributed by atoms with Crippen molar-refractivity contribution in [2.75, 3.05) is 18.6 Å². The number of thioether (sulfide) groups is 1. The Balaban J connectivity index is 1.63. The molecule has 1 aromatic heterocycles. The van der Waals surface area contributed by atoms with Gasteiger partial charge >= 0.3 is 0 Å². The highest BCUT2D eigenvalue weighted by Crippen LogP contribution is 2.25. The van der Waals surface area contributed by atoms with Crippen molar-refractivity contribution in [1.29, 1.82) is 0 Å². The number of rotatable bonds is 6. The van der Waals surface area contributed by atoms with Crippen molar-refractivity contribution in [2.45, 2.75) is 43.1 Å². The number of carbonyl (C=O) groups is 1. The monoisotopic (exact) mass is 408 g/mol. The molecule has 0 radical (unpaired) electrons. The van der Waals surface area contributed by atoms with Crippen LogP contribution in [0.1, 0.15) is 25.8 Å². The van der Waals surface area contributed by atoms with Gasteiger partial charge in [0.05, 0.1) is 16.8 Å². The van der Waals surface area contributed by atoms with Gasteiger partial charge in [-0.3, -0.25) is 9.89 Å². The number of aromatic nitrogens is 3. The topological polar surface area (TPSA) is 96.0 Å². The molecule has 9 heteroatoms. The van der Waals surface area contributed by atoms with Gasteiger partial charge in [-0.1, -0.05) is 43.0 Å². The SMILES string of the molecule is CCc1ccc(-c2nc(S[C@H](C)C(=O)N(C)[C@H]3CCS(=O)(=O)C3)n[nH]2)cc1. The molecule has 1 N–H and O–H groups in total. The number of amides is 1. The molecule has 0 saturated carbocycles. The minimum absolute atomic E-state index is 0.0468. The molecule has 1 aromatic carbocycles. The molecule has 7 nitrogen and oxygen atoms in total. The second-order valence-corrected chi connectivity index (χ2v) is 10.3. The molecule has 1 fully saturated rings. The Kier molecular flexibility index (Phi) is 5.90. The van der Waals surface area contributed by atoms with Crippen molar-refractivity contribution in [3.63, 3.8) is 0 Å². The molecule has 1 saturated heterocycles. The number of aromatic amines is 1. The summed E-state index contributed by atoms with van der Waals surface area (Å²) in [4.78, 5) is 18.7. The van der Waals surface area contributed by atoms with Gasteiger partial charge in [0.2, 0.25) is 11.1 Å². The highest BCUT2D eigenvalue weighted by Gasteiger charge is 2.34. The van der Waals surface area contributed by atoms with Crippen LogP contribution < -0.4 is 0 Å². The van der Waals surface area contributed by atoms with Crippen molar-refractivity contribution < 1.29 is 13.2 Å². The molecule has 146 valence electrons. The maximum atomic E-state index is 12.6. The molecule has 2 aromatic rings. The standard InChI is InChI=1S/C18H24N4O3S2/c1-4-13-5-7-14(8-6-13)16-19-18(21-20-16)26-12(2)17(23)22(3)15-9-10-27(24,25)11-15/h5-8,12,15H,4,9-11H2,1-3H3,(H,19,20,21)/t12-,15+/m1/s1. The van der Waals surface area contributed by atoms with E-state index in [1.54, 1.807) is 18.9 Å². The van der Waals surface area contributed by atoms with E-state index in [0.29, 0.717) is 17.4 Å². The van der Waals surface area contributed by atoms with Crippen LogP contribution in [0.3, 0.4) is 0 Å². The highest BCUT2D eigenvalue weighted by atomic mass is 32.2. The molecular formula is C18H24N4O3S2. The average molecular weight is 409 g/mol. The molecule has 1 amide bonds. The number of nitrogens with one attached hydrogen (secondary N) is 1. The summed E-state index contributed by atoms with van der Waals surface area (Å²) < 4.78 is 23.3. The van der Waals surface area contributed by atoms with Crippen LogP contribution >= 0.6 is 11.8 Å². The molecule has 1 aliphatic rings. The maximum Gasteiger partial charge on any atom is 0.235 e. The lowest BCUT2D eigenvalue weighted by Gasteiger charge is -2.25. The maximum absolute atomic E-state index is 12.6. The van der Waals surface area contributed by atoms with Gasteiger partial charge in [-0.15, -0.1) is 5.10 Å². The zero-order chi connectivity index (χ0) is 19.6. The Morgan fingerprint density at radius 1 is 1.37 bits per heavy atom. The molecule has 1 aliphatic heterocycles. The third-order valence-corrected chi connectivity index (χ3v) is 7.53. The zero-order valence-electron chi connectivity index (χ0n) is 15.7. The first-order valence-corrected chi connectivity index (χ1v) is 11.6. The van der Waals surface area contributed by atoms with Crippen molar-refractivity contribution in [3.05, 3.63) is 29.8 Å². The summed E-state index contributed by atoms with van der Waals surface area (Å²) >= 11 is 1.27. The Hall–Kier alpha value is -1.87. The minimum Gasteiger partial charge on any atom is -0.341 e. The van der Waals surface area contributed by atoms with Crippen LogP contribution in [-0.2, 0) is 21.1 Å². The van der Waals surface area contributed by atoms with Crippen LogP contribution in [0.25, 0.3) is 11.4 Å². The predicted octanol–water partition coefficient (Wildman–Crippen LogP) is 2.16. The van der Waals surface area contributed by atoms with Crippen LogP contribution in [0.15, 0.2) is 29.4 Å². The first-order valence-electron chi connectivity index (χ1n) is 8.94. The second-order valence-electron chi connectivity index (χ2n) is 6.78. The van der Waals surface area contributed by atoms with Gasteiger partial charge in [0.25, 0.3) is 0 Å². The van der Waals surface area contributed by atoms with E-state index >= 15 is 0 Å². The number of sulfone groups is 1. The molecule has 0 unspecified atom stereocenters. The molecule has 0 spiro atoms. The van der Waals surface area contributed by atoms with E-state index in [2.05, 4.69) is 34.2 Å². The smallest absolute Gasteiger partial charge is 0.235 e. The van der Waals surface area contributed by atoms with E-state index in [1.165, 1.54) is 17.3 Å². The van der Waals surface area contributed by atoms with Gasteiger partial charge < -0.3 is 4.90 Å². The molecule has 0 bridgehead atoms. The van der Waals surface area contributed by atoms with Gasteiger partial charge in [-0.25, -0.2) is 13.4 Å². The fraction of sp³-hybridized carbons (Fsp3) is 0.500. The van der Waals surface area contributed by atoms with Gasteiger partial charge in [0.15, 0.2) is 15.7 Å². The summed E-state index contributed by atoms with van der Waals surface area (Å²) in [6, 6.07) is 7.86. The number of hydrogen-bond donors (Lipinski definition) is 1. The van der Waals surface area contributed by atoms with Gasteiger partial charge in [0, 0.05) is 18.7 Å². The van der Waals surface area contributed by atoms with E-state index in [0.717, 1.165) is 12.0 Å². The van der Waals surface area contributed by atoms with Crippen molar-refractivity contribution in [2.24, 2.45) is 0 Å². The lowest BCUT2D eigenvalue weighted by atomic mass is 10.1. The average Bonchev–Trinajstić information content (AvgIpc) is 3.26. The summed E-state index contributed by atoms with van der Waals surface area (Å²) in [5, 5.41) is 7.21. The van der Waals surface area contributed by atoms with E-state index in [-0.39, 0.29) is 23.5 Å². The number of H-pyrrole nitrogens is 1. The number of hydrogen-bond acceptors (Lipinski definition) is 6. The molecule has 2 atom stereocenters. The zero-order valence-corrected chi connectivity index (χ0v) is 17.3. The lowest BCUT2D eigenvalue weighted by Crippen LogP contribution is -2.41. The number of nitrogens with zero attached hydrogens (tertiary/aromatic N) is 3. The number of carbonyl (C=O) groups excluding carboxylic acids is 1. The van der Waals surface area contributed by atoms with Crippen LogP contribution in [0, 0.1) is 0 Å². The predicted molar refractivity (Wildman–Crippen MR) is 106 cm³/mol. The first-order chi connectivity index (χ1) is 12.8. The van der Waals surface area contributed by atoms with E-state index in [4.69, 9.17) is 0 Å². The second kappa shape index (κ2) is 8.02. The molecule has 27 heavy (non-hydrogen) atoms. The summed E-state index contributed by atoms with van der Waals surface area (Å²) in [6.07, 6.45) is 1.48. The summed E-state index contributed by atoms with van der Waals surface area (Å²) in [5.74, 6) is 0.749. The third kappa shape index (κ3) is 4.70. The number of aryl methyl sites for hydroxylation is 1. The van der Waals surface area contributed by atoms with Crippen LogP contribution in [-0.4, -0.2) is 64.3 Å². The van der Waals surface area contributed by atoms with E-state index in [9.17, 15) is 13.2 Å².